The predicted octanol–water partition coefficient (Wildman–Crippen LogP) is 7.17. The third kappa shape index (κ3) is 7.43. The first-order valence-corrected chi connectivity index (χ1v) is 16.4. The number of carboxylic acid groups (broad SMARTS) is 1. The number of ether oxygens (including phenoxy) is 1. The van der Waals surface area contributed by atoms with E-state index in [1.54, 1.807) is 36.3 Å². The fraction of sp³-hybridized carbons (Fsp3) is 0.344. The van der Waals surface area contributed by atoms with Crippen LogP contribution in [-0.4, -0.2) is 82.4 Å². The Morgan fingerprint density at radius 3 is 2.45 bits per heavy atom. The molecule has 1 aliphatic rings. The van der Waals surface area contributed by atoms with Gasteiger partial charge in [-0.15, -0.1) is 0 Å². The molecule has 12 heteroatoms. The lowest BCUT2D eigenvalue weighted by Gasteiger charge is -2.33. The van der Waals surface area contributed by atoms with Crippen molar-refractivity contribution in [2.24, 2.45) is 0 Å². The van der Waals surface area contributed by atoms with Crippen molar-refractivity contribution >= 4 is 68.9 Å². The van der Waals surface area contributed by atoms with Crippen LogP contribution in [0, 0.1) is 0 Å². The molecule has 4 aromatic rings. The van der Waals surface area contributed by atoms with Crippen LogP contribution in [0.25, 0.3) is 22.0 Å². The highest BCUT2D eigenvalue weighted by Crippen LogP contribution is 2.44. The van der Waals surface area contributed by atoms with E-state index in [2.05, 4.69) is 10.3 Å². The Kier molecular flexibility index (Phi) is 10.3. The van der Waals surface area contributed by atoms with Gasteiger partial charge in [-0.1, -0.05) is 29.3 Å². The molecular formula is C32H35Cl2N5O4S. The zero-order valence-corrected chi connectivity index (χ0v) is 27.1. The van der Waals surface area contributed by atoms with Gasteiger partial charge in [0.15, 0.2) is 5.75 Å². The maximum Gasteiger partial charge on any atom is 0.326 e. The number of nitrogens with zero attached hydrogens (tertiary/aromatic N) is 4. The molecule has 2 aromatic heterocycles. The third-order valence-electron chi connectivity index (χ3n) is 7.43. The number of halogens is 2. The maximum absolute atomic E-state index is 12.6. The molecule has 232 valence electrons. The Hall–Kier alpha value is -3.44. The normalized spacial score (nSPS) is 13.7. The van der Waals surface area contributed by atoms with E-state index in [1.165, 1.54) is 0 Å². The van der Waals surface area contributed by atoms with Crippen LogP contribution in [0.5, 0.6) is 11.6 Å². The van der Waals surface area contributed by atoms with Gasteiger partial charge in [-0.3, -0.25) is 4.98 Å². The number of thioether (sulfide) groups is 1. The standard InChI is InChI=1S/C32H35Cl2N5O4S/c1-38(2)11-12-43-29-9-5-21(17-36-29)37-30-23-14-19(20-15-24(33)31(40)25(34)16-20)4-8-26(23)35-18-28(30)39(22-6-7-22)27(32(41)42)10-13-44-3/h4-5,8-9,14-18,22,27,40H,6-7,10-13H2,1-3H3,(H,35,37)(H,41,42)/t27-/m0/s1. The summed E-state index contributed by atoms with van der Waals surface area (Å²) in [5.41, 5.74) is 4.39. The number of nitrogens with one attached hydrogen (secondary N) is 1. The Labute approximate surface area is 271 Å². The van der Waals surface area contributed by atoms with Crippen LogP contribution < -0.4 is 15.0 Å². The first kappa shape index (κ1) is 32.0. The summed E-state index contributed by atoms with van der Waals surface area (Å²) in [4.78, 5) is 25.9. The number of hydrogen-bond acceptors (Lipinski definition) is 9. The topological polar surface area (TPSA) is 111 Å². The Morgan fingerprint density at radius 2 is 1.84 bits per heavy atom. The number of aromatic nitrogens is 2. The van der Waals surface area contributed by atoms with Crippen LogP contribution >= 0.6 is 35.0 Å². The number of carbonyl (C=O) groups is 1. The second-order valence-electron chi connectivity index (χ2n) is 11.0. The lowest BCUT2D eigenvalue weighted by molar-refractivity contribution is -0.138. The van der Waals surface area contributed by atoms with Gasteiger partial charge in [0.05, 0.1) is 45.0 Å². The van der Waals surface area contributed by atoms with E-state index < -0.39 is 12.0 Å². The van der Waals surface area contributed by atoms with Gasteiger partial charge in [0.1, 0.15) is 12.6 Å². The lowest BCUT2D eigenvalue weighted by Crippen LogP contribution is -2.43. The number of carboxylic acids is 1. The first-order chi connectivity index (χ1) is 21.2. The Bertz CT molecular complexity index is 1610. The number of aliphatic carboxylic acids is 1. The minimum absolute atomic E-state index is 0.0984. The van der Waals surface area contributed by atoms with Gasteiger partial charge >= 0.3 is 5.97 Å². The van der Waals surface area contributed by atoms with Crippen LogP contribution in [0.4, 0.5) is 17.1 Å². The molecule has 0 aliphatic heterocycles. The van der Waals surface area contributed by atoms with Crippen LogP contribution in [-0.2, 0) is 4.79 Å². The van der Waals surface area contributed by atoms with E-state index in [1.807, 2.05) is 60.5 Å². The van der Waals surface area contributed by atoms with E-state index in [0.29, 0.717) is 30.3 Å². The number of rotatable bonds is 14. The summed E-state index contributed by atoms with van der Waals surface area (Å²) in [6.45, 7) is 1.29. The summed E-state index contributed by atoms with van der Waals surface area (Å²) in [5.74, 6) is 0.203. The second-order valence-corrected chi connectivity index (χ2v) is 12.8. The molecular weight excluding hydrogens is 621 g/mol. The van der Waals surface area contributed by atoms with Crippen molar-refractivity contribution in [3.63, 3.8) is 0 Å². The summed E-state index contributed by atoms with van der Waals surface area (Å²) >= 11 is 14.1. The number of benzene rings is 2. The minimum atomic E-state index is -0.861. The zero-order valence-electron chi connectivity index (χ0n) is 24.8. The molecule has 1 fully saturated rings. The third-order valence-corrected chi connectivity index (χ3v) is 8.65. The number of likely N-dealkylation sites (N-methyl/N-ethyl adjacent to an activating group) is 1. The molecule has 0 unspecified atom stereocenters. The smallest absolute Gasteiger partial charge is 0.326 e. The number of phenols is 1. The average Bonchev–Trinajstić information content (AvgIpc) is 3.84. The maximum atomic E-state index is 12.6. The molecule has 1 aliphatic carbocycles. The van der Waals surface area contributed by atoms with Crippen molar-refractivity contribution in [1.82, 2.24) is 14.9 Å². The van der Waals surface area contributed by atoms with Crippen molar-refractivity contribution in [2.45, 2.75) is 31.3 Å². The molecule has 0 radical (unpaired) electrons. The predicted molar refractivity (Wildman–Crippen MR) is 180 cm³/mol. The van der Waals surface area contributed by atoms with E-state index >= 15 is 0 Å². The largest absolute Gasteiger partial charge is 0.505 e. The summed E-state index contributed by atoms with van der Waals surface area (Å²) in [6.07, 6.45) is 7.76. The number of anilines is 3. The van der Waals surface area contributed by atoms with Crippen LogP contribution in [0.15, 0.2) is 54.9 Å². The number of hydrogen-bond donors (Lipinski definition) is 3. The molecule has 44 heavy (non-hydrogen) atoms. The summed E-state index contributed by atoms with van der Waals surface area (Å²) in [6, 6.07) is 12.2. The van der Waals surface area contributed by atoms with Gasteiger partial charge < -0.3 is 30.1 Å². The first-order valence-electron chi connectivity index (χ1n) is 14.3. The van der Waals surface area contributed by atoms with Crippen molar-refractivity contribution < 1.29 is 19.7 Å². The van der Waals surface area contributed by atoms with Gasteiger partial charge in [-0.2, -0.15) is 11.8 Å². The van der Waals surface area contributed by atoms with E-state index in [-0.39, 0.29) is 21.8 Å². The molecule has 3 N–H and O–H groups in total. The zero-order chi connectivity index (χ0) is 31.4. The number of fused-ring (bicyclic) bond motifs is 1. The molecule has 1 saturated carbocycles. The van der Waals surface area contributed by atoms with Crippen molar-refractivity contribution in [1.29, 1.82) is 0 Å². The highest BCUT2D eigenvalue weighted by Gasteiger charge is 2.39. The molecule has 0 bridgehead atoms. The van der Waals surface area contributed by atoms with E-state index in [4.69, 9.17) is 32.9 Å². The summed E-state index contributed by atoms with van der Waals surface area (Å²) < 4.78 is 5.78. The Balaban J connectivity index is 1.62. The fourth-order valence-electron chi connectivity index (χ4n) is 5.02. The van der Waals surface area contributed by atoms with Gasteiger partial charge in [0.2, 0.25) is 5.88 Å². The van der Waals surface area contributed by atoms with Crippen LogP contribution in [0.3, 0.4) is 0 Å². The molecule has 0 saturated heterocycles. The number of aromatic hydroxyl groups is 1. The van der Waals surface area contributed by atoms with Gasteiger partial charge in [-0.25, -0.2) is 9.78 Å². The highest BCUT2D eigenvalue weighted by atomic mass is 35.5. The van der Waals surface area contributed by atoms with Gasteiger partial charge in [0.25, 0.3) is 0 Å². The molecule has 0 amide bonds. The average molecular weight is 657 g/mol. The molecule has 2 aromatic carbocycles. The molecule has 0 spiro atoms. The van der Waals surface area contributed by atoms with Gasteiger partial charge in [-0.05, 0) is 86.8 Å². The fourth-order valence-corrected chi connectivity index (χ4v) is 5.97. The molecule has 9 nitrogen and oxygen atoms in total. The van der Waals surface area contributed by atoms with Crippen molar-refractivity contribution in [2.75, 3.05) is 49.5 Å². The van der Waals surface area contributed by atoms with Crippen molar-refractivity contribution in [3.05, 3.63) is 64.9 Å². The molecule has 5 rings (SSSR count). The van der Waals surface area contributed by atoms with Crippen molar-refractivity contribution in [3.8, 4) is 22.8 Å². The van der Waals surface area contributed by atoms with Gasteiger partial charge in [0, 0.05) is 24.0 Å². The monoisotopic (exact) mass is 655 g/mol. The van der Waals surface area contributed by atoms with E-state index in [9.17, 15) is 15.0 Å². The summed E-state index contributed by atoms with van der Waals surface area (Å²) in [5, 5.41) is 25.1. The summed E-state index contributed by atoms with van der Waals surface area (Å²) in [7, 11) is 3.97. The Morgan fingerprint density at radius 1 is 1.09 bits per heavy atom. The number of phenolic OH excluding ortho intramolecular Hbond substituents is 1. The van der Waals surface area contributed by atoms with Crippen LogP contribution in [0.1, 0.15) is 19.3 Å². The quantitative estimate of drug-likeness (QED) is 0.129. The molecule has 1 atom stereocenters. The molecule has 2 heterocycles. The SMILES string of the molecule is CSCC[C@@H](C(=O)O)N(c1cnc2ccc(-c3cc(Cl)c(O)c(Cl)c3)cc2c1Nc1ccc(OCCN(C)C)nc1)C1CC1. The lowest BCUT2D eigenvalue weighted by atomic mass is 10.0. The minimum Gasteiger partial charge on any atom is -0.505 e. The number of pyridine rings is 2. The second kappa shape index (κ2) is 14.1. The van der Waals surface area contributed by atoms with Crippen LogP contribution in [0.2, 0.25) is 10.0 Å². The highest BCUT2D eigenvalue weighted by molar-refractivity contribution is 7.98. The van der Waals surface area contributed by atoms with E-state index in [0.717, 1.165) is 52.9 Å².